The normalized spacial score (nSPS) is 20.8. The van der Waals surface area contributed by atoms with E-state index in [0.717, 1.165) is 5.56 Å². The van der Waals surface area contributed by atoms with Crippen LogP contribution in [0.4, 0.5) is 4.79 Å². The molecule has 0 saturated carbocycles. The number of carbonyl (C=O) groups is 2. The predicted octanol–water partition coefficient (Wildman–Crippen LogP) is 0.921. The Morgan fingerprint density at radius 3 is 2.76 bits per heavy atom. The van der Waals surface area contributed by atoms with Crippen molar-refractivity contribution in [3.8, 4) is 0 Å². The molecule has 2 unspecified atom stereocenters. The fourth-order valence-corrected chi connectivity index (χ4v) is 2.36. The van der Waals surface area contributed by atoms with Gasteiger partial charge in [-0.2, -0.15) is 0 Å². The Balaban J connectivity index is 1.72. The van der Waals surface area contributed by atoms with Crippen LogP contribution in [0.15, 0.2) is 30.3 Å². The molecule has 0 spiro atoms. The zero-order valence-electron chi connectivity index (χ0n) is 12.0. The highest BCUT2D eigenvalue weighted by Crippen LogP contribution is 2.17. The van der Waals surface area contributed by atoms with Gasteiger partial charge in [0.15, 0.2) is 0 Å². The second kappa shape index (κ2) is 7.64. The second-order valence-corrected chi connectivity index (χ2v) is 4.99. The minimum absolute atomic E-state index is 0.0294. The van der Waals surface area contributed by atoms with Crippen molar-refractivity contribution >= 4 is 12.1 Å². The van der Waals surface area contributed by atoms with Crippen molar-refractivity contribution < 1.29 is 19.1 Å². The topological polar surface area (TPSA) is 76.7 Å². The molecule has 21 heavy (non-hydrogen) atoms. The number of hydrogen-bond donors (Lipinski definition) is 2. The third-order valence-corrected chi connectivity index (χ3v) is 3.57. The predicted molar refractivity (Wildman–Crippen MR) is 76.5 cm³/mol. The molecule has 1 heterocycles. The molecule has 1 aromatic carbocycles. The van der Waals surface area contributed by atoms with Gasteiger partial charge in [-0.1, -0.05) is 30.3 Å². The Morgan fingerprint density at radius 2 is 2.05 bits per heavy atom. The first-order valence-electron chi connectivity index (χ1n) is 6.94. The maximum Gasteiger partial charge on any atom is 0.407 e. The first-order chi connectivity index (χ1) is 10.2. The number of alkyl carbamates (subject to hydrolysis) is 1. The minimum atomic E-state index is -0.477. The van der Waals surface area contributed by atoms with Crippen molar-refractivity contribution in [2.75, 3.05) is 26.7 Å². The average molecular weight is 292 g/mol. The molecule has 0 bridgehead atoms. The van der Waals surface area contributed by atoms with Gasteiger partial charge in [0, 0.05) is 25.6 Å². The van der Waals surface area contributed by atoms with Gasteiger partial charge in [-0.3, -0.25) is 4.79 Å². The number of amides is 1. The summed E-state index contributed by atoms with van der Waals surface area (Å²) in [6.07, 6.45) is -0.477. The molecule has 0 aliphatic carbocycles. The van der Waals surface area contributed by atoms with E-state index in [2.05, 4.69) is 10.6 Å². The number of benzene rings is 1. The van der Waals surface area contributed by atoms with E-state index in [9.17, 15) is 9.59 Å². The Labute approximate surface area is 123 Å². The molecule has 1 fully saturated rings. The summed E-state index contributed by atoms with van der Waals surface area (Å²) in [6.45, 7) is 1.88. The van der Waals surface area contributed by atoms with Gasteiger partial charge in [-0.15, -0.1) is 0 Å². The van der Waals surface area contributed by atoms with E-state index >= 15 is 0 Å². The molecular weight excluding hydrogens is 272 g/mol. The molecular formula is C15H20N2O4. The quantitative estimate of drug-likeness (QED) is 0.789. The van der Waals surface area contributed by atoms with Gasteiger partial charge < -0.3 is 20.1 Å². The number of esters is 1. The van der Waals surface area contributed by atoms with Gasteiger partial charge in [0.2, 0.25) is 0 Å². The Kier molecular flexibility index (Phi) is 5.57. The molecule has 114 valence electrons. The molecule has 2 atom stereocenters. The molecule has 2 rings (SSSR count). The summed E-state index contributed by atoms with van der Waals surface area (Å²) in [5.74, 6) is -0.435. The maximum atomic E-state index is 11.6. The van der Waals surface area contributed by atoms with Gasteiger partial charge in [-0.05, 0) is 5.56 Å². The van der Waals surface area contributed by atoms with Crippen LogP contribution in [0.3, 0.4) is 0 Å². The zero-order valence-corrected chi connectivity index (χ0v) is 12.0. The SMILES string of the molecule is COC(=O)C1CNCC1CNC(=O)OCc1ccccc1. The van der Waals surface area contributed by atoms with Gasteiger partial charge in [0.25, 0.3) is 0 Å². The van der Waals surface area contributed by atoms with Crippen molar-refractivity contribution in [1.29, 1.82) is 0 Å². The van der Waals surface area contributed by atoms with E-state index in [1.54, 1.807) is 0 Å². The molecule has 0 radical (unpaired) electrons. The Morgan fingerprint density at radius 1 is 1.29 bits per heavy atom. The minimum Gasteiger partial charge on any atom is -0.469 e. The largest absolute Gasteiger partial charge is 0.469 e. The van der Waals surface area contributed by atoms with E-state index in [1.165, 1.54) is 7.11 Å². The summed E-state index contributed by atoms with van der Waals surface area (Å²) in [4.78, 5) is 23.2. The van der Waals surface area contributed by atoms with E-state index < -0.39 is 6.09 Å². The van der Waals surface area contributed by atoms with Crippen LogP contribution >= 0.6 is 0 Å². The monoisotopic (exact) mass is 292 g/mol. The summed E-state index contributed by atoms with van der Waals surface area (Å²) < 4.78 is 9.88. The Bertz CT molecular complexity index is 478. The Hall–Kier alpha value is -2.08. The molecule has 1 amide bonds. The lowest BCUT2D eigenvalue weighted by atomic mass is 9.96. The van der Waals surface area contributed by atoms with Crippen LogP contribution in [0, 0.1) is 11.8 Å². The molecule has 0 aromatic heterocycles. The van der Waals surface area contributed by atoms with Crippen LogP contribution in [0.5, 0.6) is 0 Å². The highest BCUT2D eigenvalue weighted by molar-refractivity contribution is 5.73. The molecule has 1 aromatic rings. The highest BCUT2D eigenvalue weighted by atomic mass is 16.5. The summed E-state index contributed by atoms with van der Waals surface area (Å²) >= 11 is 0. The second-order valence-electron chi connectivity index (χ2n) is 4.99. The van der Waals surface area contributed by atoms with Crippen LogP contribution in [-0.4, -0.2) is 38.8 Å². The van der Waals surface area contributed by atoms with E-state index in [0.29, 0.717) is 19.6 Å². The van der Waals surface area contributed by atoms with Crippen molar-refractivity contribution in [1.82, 2.24) is 10.6 Å². The third kappa shape index (κ3) is 4.46. The van der Waals surface area contributed by atoms with E-state index in [-0.39, 0.29) is 24.4 Å². The van der Waals surface area contributed by atoms with Gasteiger partial charge >= 0.3 is 12.1 Å². The lowest BCUT2D eigenvalue weighted by Gasteiger charge is -2.16. The van der Waals surface area contributed by atoms with Crippen LogP contribution in [0.25, 0.3) is 0 Å². The van der Waals surface area contributed by atoms with Crippen LogP contribution in [-0.2, 0) is 20.9 Å². The first-order valence-corrected chi connectivity index (χ1v) is 6.94. The third-order valence-electron chi connectivity index (χ3n) is 3.57. The average Bonchev–Trinajstić information content (AvgIpc) is 2.99. The van der Waals surface area contributed by atoms with Crippen LogP contribution in [0.1, 0.15) is 5.56 Å². The lowest BCUT2D eigenvalue weighted by molar-refractivity contribution is -0.146. The van der Waals surface area contributed by atoms with Gasteiger partial charge in [-0.25, -0.2) is 4.79 Å². The van der Waals surface area contributed by atoms with Crippen molar-refractivity contribution in [2.45, 2.75) is 6.61 Å². The lowest BCUT2D eigenvalue weighted by Crippen LogP contribution is -2.35. The van der Waals surface area contributed by atoms with Gasteiger partial charge in [0.1, 0.15) is 6.61 Å². The number of methoxy groups -OCH3 is 1. The number of rotatable bonds is 5. The van der Waals surface area contributed by atoms with E-state index in [1.807, 2.05) is 30.3 Å². The fraction of sp³-hybridized carbons (Fsp3) is 0.467. The van der Waals surface area contributed by atoms with Crippen LogP contribution in [0.2, 0.25) is 0 Å². The van der Waals surface area contributed by atoms with Crippen LogP contribution < -0.4 is 10.6 Å². The zero-order chi connectivity index (χ0) is 15.1. The summed E-state index contributed by atoms with van der Waals surface area (Å²) in [5, 5.41) is 5.82. The molecule has 1 saturated heterocycles. The summed E-state index contributed by atoms with van der Waals surface area (Å²) in [5.41, 5.74) is 0.933. The first kappa shape index (κ1) is 15.3. The standard InChI is InChI=1S/C15H20N2O4/c1-20-14(18)13-9-16-7-12(13)8-17-15(19)21-10-11-5-3-2-4-6-11/h2-6,12-13,16H,7-10H2,1H3,(H,17,19). The summed E-state index contributed by atoms with van der Waals surface area (Å²) in [7, 11) is 1.37. The van der Waals surface area contributed by atoms with Crippen molar-refractivity contribution in [3.63, 3.8) is 0 Å². The molecule has 2 N–H and O–H groups in total. The smallest absolute Gasteiger partial charge is 0.407 e. The molecule has 1 aliphatic rings. The highest BCUT2D eigenvalue weighted by Gasteiger charge is 2.33. The number of hydrogen-bond acceptors (Lipinski definition) is 5. The maximum absolute atomic E-state index is 11.6. The number of nitrogens with one attached hydrogen (secondary N) is 2. The number of carbonyl (C=O) groups excluding carboxylic acids is 2. The van der Waals surface area contributed by atoms with Gasteiger partial charge in [0.05, 0.1) is 13.0 Å². The van der Waals surface area contributed by atoms with Crippen molar-refractivity contribution in [2.24, 2.45) is 11.8 Å². The van der Waals surface area contributed by atoms with E-state index in [4.69, 9.17) is 9.47 Å². The van der Waals surface area contributed by atoms with Crippen molar-refractivity contribution in [3.05, 3.63) is 35.9 Å². The number of ether oxygens (including phenoxy) is 2. The summed E-state index contributed by atoms with van der Waals surface area (Å²) in [6, 6.07) is 9.47. The molecule has 1 aliphatic heterocycles. The fourth-order valence-electron chi connectivity index (χ4n) is 2.36. The molecule has 6 heteroatoms. The molecule has 6 nitrogen and oxygen atoms in total.